The Morgan fingerprint density at radius 2 is 2.00 bits per heavy atom. The topological polar surface area (TPSA) is 81.0 Å². The predicted octanol–water partition coefficient (Wildman–Crippen LogP) is 3.67. The third-order valence-corrected chi connectivity index (χ3v) is 3.69. The Kier molecular flexibility index (Phi) is 5.10. The van der Waals surface area contributed by atoms with Gasteiger partial charge in [-0.3, -0.25) is 10.1 Å². The maximum Gasteiger partial charge on any atom is 0.322 e. The van der Waals surface area contributed by atoms with Crippen molar-refractivity contribution in [3.05, 3.63) is 46.1 Å². The van der Waals surface area contributed by atoms with Gasteiger partial charge >= 0.3 is 5.69 Å². The van der Waals surface area contributed by atoms with E-state index in [1.54, 1.807) is 6.92 Å². The van der Waals surface area contributed by atoms with Crippen molar-refractivity contribution in [3.8, 4) is 0 Å². The number of hydrogen-bond donors (Lipinski definition) is 1. The molecule has 0 amide bonds. The van der Waals surface area contributed by atoms with Gasteiger partial charge in [0.25, 0.3) is 0 Å². The minimum Gasteiger partial charge on any atom is -0.354 e. The molecule has 1 N–H and O–H groups in total. The molecule has 0 saturated carbocycles. The van der Waals surface area contributed by atoms with Gasteiger partial charge in [-0.2, -0.15) is 4.98 Å². The van der Waals surface area contributed by atoms with Gasteiger partial charge in [0.05, 0.1) is 4.92 Å². The second-order valence-corrected chi connectivity index (χ2v) is 5.45. The van der Waals surface area contributed by atoms with Gasteiger partial charge in [0, 0.05) is 11.4 Å². The molecule has 1 heterocycles. The Hall–Kier alpha value is -2.15. The number of aryl methyl sites for hydroxylation is 1. The summed E-state index contributed by atoms with van der Waals surface area (Å²) in [4.78, 5) is 20.2. The van der Waals surface area contributed by atoms with Gasteiger partial charge in [-0.25, -0.2) is 4.98 Å². The summed E-state index contributed by atoms with van der Waals surface area (Å²) >= 11 is 1.27. The molecule has 0 saturated heterocycles. The minimum absolute atomic E-state index is 0.0362. The van der Waals surface area contributed by atoms with Gasteiger partial charge in [0.15, 0.2) is 5.03 Å². The van der Waals surface area contributed by atoms with Crippen molar-refractivity contribution in [1.29, 1.82) is 0 Å². The zero-order chi connectivity index (χ0) is 15.2. The summed E-state index contributed by atoms with van der Waals surface area (Å²) in [6, 6.07) is 9.46. The number of nitro groups is 1. The summed E-state index contributed by atoms with van der Waals surface area (Å²) in [5.74, 6) is 0.429. The van der Waals surface area contributed by atoms with Crippen LogP contribution in [0.1, 0.15) is 19.0 Å². The molecule has 0 aliphatic rings. The molecule has 0 fully saturated rings. The van der Waals surface area contributed by atoms with Crippen molar-refractivity contribution >= 4 is 23.4 Å². The number of aromatic nitrogens is 2. The van der Waals surface area contributed by atoms with Gasteiger partial charge in [0.1, 0.15) is 5.69 Å². The molecule has 110 valence electrons. The zero-order valence-corrected chi connectivity index (χ0v) is 12.7. The largest absolute Gasteiger partial charge is 0.354 e. The van der Waals surface area contributed by atoms with E-state index in [1.165, 1.54) is 11.8 Å². The van der Waals surface area contributed by atoms with Crippen molar-refractivity contribution in [2.24, 2.45) is 0 Å². The molecule has 21 heavy (non-hydrogen) atoms. The molecule has 0 spiro atoms. The van der Waals surface area contributed by atoms with Crippen molar-refractivity contribution in [1.82, 2.24) is 9.97 Å². The first-order valence-electron chi connectivity index (χ1n) is 6.61. The Morgan fingerprint density at radius 3 is 2.62 bits per heavy atom. The number of nitrogens with one attached hydrogen (secondary N) is 1. The third-order valence-electron chi connectivity index (χ3n) is 2.70. The first-order chi connectivity index (χ1) is 10.1. The van der Waals surface area contributed by atoms with E-state index in [0.717, 1.165) is 17.9 Å². The fourth-order valence-electron chi connectivity index (χ4n) is 1.74. The monoisotopic (exact) mass is 304 g/mol. The summed E-state index contributed by atoms with van der Waals surface area (Å²) in [7, 11) is 0. The van der Waals surface area contributed by atoms with Gasteiger partial charge in [0.2, 0.25) is 5.95 Å². The van der Waals surface area contributed by atoms with Crippen molar-refractivity contribution in [2.45, 2.75) is 30.2 Å². The van der Waals surface area contributed by atoms with E-state index in [4.69, 9.17) is 0 Å². The molecular weight excluding hydrogens is 288 g/mol. The van der Waals surface area contributed by atoms with Crippen LogP contribution in [0.15, 0.2) is 40.3 Å². The summed E-state index contributed by atoms with van der Waals surface area (Å²) in [5, 5.41) is 14.7. The highest BCUT2D eigenvalue weighted by atomic mass is 32.2. The first-order valence-corrected chi connectivity index (χ1v) is 7.43. The molecule has 1 aromatic heterocycles. The van der Waals surface area contributed by atoms with E-state index in [0.29, 0.717) is 16.7 Å². The second-order valence-electron chi connectivity index (χ2n) is 4.39. The normalized spacial score (nSPS) is 10.4. The number of benzene rings is 1. The lowest BCUT2D eigenvalue weighted by atomic mass is 10.4. The van der Waals surface area contributed by atoms with Gasteiger partial charge in [-0.15, -0.1) is 0 Å². The van der Waals surface area contributed by atoms with Gasteiger partial charge < -0.3 is 5.32 Å². The molecule has 0 aliphatic heterocycles. The van der Waals surface area contributed by atoms with Crippen molar-refractivity contribution in [2.75, 3.05) is 11.9 Å². The molecule has 1 aromatic carbocycles. The maximum atomic E-state index is 11.2. The molecule has 0 unspecified atom stereocenters. The minimum atomic E-state index is -0.426. The van der Waals surface area contributed by atoms with Crippen LogP contribution in [0.25, 0.3) is 0 Å². The Morgan fingerprint density at radius 1 is 1.29 bits per heavy atom. The Bertz CT molecular complexity index is 634. The molecule has 6 nitrogen and oxygen atoms in total. The molecule has 0 bridgehead atoms. The lowest BCUT2D eigenvalue weighted by Crippen LogP contribution is -2.08. The Balaban J connectivity index is 2.39. The van der Waals surface area contributed by atoms with Crippen LogP contribution >= 0.6 is 11.8 Å². The smallest absolute Gasteiger partial charge is 0.322 e. The molecule has 7 heteroatoms. The molecule has 2 rings (SSSR count). The van der Waals surface area contributed by atoms with E-state index in [9.17, 15) is 10.1 Å². The number of anilines is 1. The summed E-state index contributed by atoms with van der Waals surface area (Å²) < 4.78 is 0. The lowest BCUT2D eigenvalue weighted by Gasteiger charge is -2.08. The summed E-state index contributed by atoms with van der Waals surface area (Å²) in [6.45, 7) is 4.39. The number of rotatable bonds is 6. The molecule has 0 radical (unpaired) electrons. The quantitative estimate of drug-likeness (QED) is 0.498. The van der Waals surface area contributed by atoms with E-state index in [2.05, 4.69) is 15.3 Å². The van der Waals surface area contributed by atoms with Crippen LogP contribution in [0, 0.1) is 17.0 Å². The maximum absolute atomic E-state index is 11.2. The molecule has 0 aliphatic carbocycles. The lowest BCUT2D eigenvalue weighted by molar-refractivity contribution is -0.389. The number of hydrogen-bond acceptors (Lipinski definition) is 6. The molecular formula is C14H16N4O2S. The van der Waals surface area contributed by atoms with Crippen LogP contribution in [-0.2, 0) is 0 Å². The third kappa shape index (κ3) is 3.91. The molecule has 0 atom stereocenters. The number of nitrogens with zero attached hydrogens (tertiary/aromatic N) is 3. The van der Waals surface area contributed by atoms with Crippen LogP contribution in [0.5, 0.6) is 0 Å². The Labute approximate surface area is 127 Å². The standard InChI is InChI=1S/C14H16N4O2S/c1-3-9-15-14-16-10(2)12(18(19)20)13(17-14)21-11-7-5-4-6-8-11/h4-8H,3,9H2,1-2H3,(H,15,16,17). The highest BCUT2D eigenvalue weighted by molar-refractivity contribution is 7.99. The average molecular weight is 304 g/mol. The van der Waals surface area contributed by atoms with E-state index >= 15 is 0 Å². The van der Waals surface area contributed by atoms with Crippen LogP contribution in [0.4, 0.5) is 11.6 Å². The first kappa shape index (κ1) is 15.2. The van der Waals surface area contributed by atoms with E-state index < -0.39 is 4.92 Å². The predicted molar refractivity (Wildman–Crippen MR) is 82.8 cm³/mol. The summed E-state index contributed by atoms with van der Waals surface area (Å²) in [5.41, 5.74) is 0.331. The fourth-order valence-corrected chi connectivity index (χ4v) is 2.71. The SMILES string of the molecule is CCCNc1nc(C)c([N+](=O)[O-])c(Sc2ccccc2)n1. The van der Waals surface area contributed by atoms with E-state index in [-0.39, 0.29) is 5.69 Å². The average Bonchev–Trinajstić information content (AvgIpc) is 2.45. The van der Waals surface area contributed by atoms with E-state index in [1.807, 2.05) is 37.3 Å². The van der Waals surface area contributed by atoms with Crippen molar-refractivity contribution < 1.29 is 4.92 Å². The van der Waals surface area contributed by atoms with Crippen molar-refractivity contribution in [3.63, 3.8) is 0 Å². The highest BCUT2D eigenvalue weighted by Crippen LogP contribution is 2.35. The van der Waals surface area contributed by atoms with Crippen LogP contribution < -0.4 is 5.32 Å². The second kappa shape index (κ2) is 7.03. The van der Waals surface area contributed by atoms with Crippen LogP contribution in [-0.4, -0.2) is 21.4 Å². The van der Waals surface area contributed by atoms with Crippen LogP contribution in [0.2, 0.25) is 0 Å². The van der Waals surface area contributed by atoms with Crippen LogP contribution in [0.3, 0.4) is 0 Å². The zero-order valence-electron chi connectivity index (χ0n) is 11.9. The fraction of sp³-hybridized carbons (Fsp3) is 0.286. The van der Waals surface area contributed by atoms with Gasteiger partial charge in [-0.1, -0.05) is 36.9 Å². The van der Waals surface area contributed by atoms with Gasteiger partial charge in [-0.05, 0) is 25.5 Å². The highest BCUT2D eigenvalue weighted by Gasteiger charge is 2.22. The molecule has 2 aromatic rings. The summed E-state index contributed by atoms with van der Waals surface area (Å²) in [6.07, 6.45) is 0.931.